The van der Waals surface area contributed by atoms with Gasteiger partial charge in [0, 0.05) is 31.7 Å². The summed E-state index contributed by atoms with van der Waals surface area (Å²) in [7, 11) is -1.49. The highest BCUT2D eigenvalue weighted by molar-refractivity contribution is 7.88. The standard InChI is InChI=1S/C13H19N3O4S/c1-15-5-3-4-11(15)13(17)14-10-6-16(21(2,18)19)12-8-20-7-9(10)12/h3-5,9-10,12H,6-8H2,1-2H3,(H,14,17)/t9-,10-,12-/m1/s1. The van der Waals surface area contributed by atoms with E-state index in [-0.39, 0.29) is 23.9 Å². The molecule has 2 aliphatic heterocycles. The summed E-state index contributed by atoms with van der Waals surface area (Å²) >= 11 is 0. The number of nitrogens with zero attached hydrogens (tertiary/aromatic N) is 2. The van der Waals surface area contributed by atoms with Crippen LogP contribution in [0.3, 0.4) is 0 Å². The van der Waals surface area contributed by atoms with Crippen LogP contribution in [0.25, 0.3) is 0 Å². The van der Waals surface area contributed by atoms with E-state index in [1.165, 1.54) is 10.6 Å². The Morgan fingerprint density at radius 2 is 2.19 bits per heavy atom. The summed E-state index contributed by atoms with van der Waals surface area (Å²) in [6.07, 6.45) is 3.00. The number of ether oxygens (including phenoxy) is 1. The van der Waals surface area contributed by atoms with E-state index in [1.54, 1.807) is 29.9 Å². The molecular weight excluding hydrogens is 294 g/mol. The molecule has 1 aromatic rings. The first-order valence-corrected chi connectivity index (χ1v) is 8.69. The van der Waals surface area contributed by atoms with E-state index in [4.69, 9.17) is 4.74 Å². The molecule has 0 bridgehead atoms. The van der Waals surface area contributed by atoms with Crippen LogP contribution >= 0.6 is 0 Å². The van der Waals surface area contributed by atoms with Gasteiger partial charge in [-0.1, -0.05) is 0 Å². The van der Waals surface area contributed by atoms with E-state index in [0.717, 1.165) is 0 Å². The maximum atomic E-state index is 12.3. The van der Waals surface area contributed by atoms with Crippen LogP contribution < -0.4 is 5.32 Å². The van der Waals surface area contributed by atoms with Crippen molar-refractivity contribution in [2.75, 3.05) is 26.0 Å². The molecule has 1 N–H and O–H groups in total. The van der Waals surface area contributed by atoms with Gasteiger partial charge in [0.25, 0.3) is 5.91 Å². The van der Waals surface area contributed by atoms with E-state index in [1.807, 2.05) is 0 Å². The molecule has 116 valence electrons. The Hall–Kier alpha value is -1.38. The van der Waals surface area contributed by atoms with Crippen molar-refractivity contribution in [1.82, 2.24) is 14.2 Å². The number of carbonyl (C=O) groups is 1. The molecule has 0 aliphatic carbocycles. The topological polar surface area (TPSA) is 80.6 Å². The van der Waals surface area contributed by atoms with Crippen molar-refractivity contribution in [2.24, 2.45) is 13.0 Å². The van der Waals surface area contributed by atoms with Gasteiger partial charge in [-0.3, -0.25) is 4.79 Å². The third-order valence-corrected chi connectivity index (χ3v) is 5.55. The van der Waals surface area contributed by atoms with Crippen LogP contribution in [0.5, 0.6) is 0 Å². The predicted molar refractivity (Wildman–Crippen MR) is 76.3 cm³/mol. The second kappa shape index (κ2) is 5.11. The molecule has 2 saturated heterocycles. The smallest absolute Gasteiger partial charge is 0.268 e. The van der Waals surface area contributed by atoms with Crippen molar-refractivity contribution in [3.8, 4) is 0 Å². The molecule has 2 fully saturated rings. The van der Waals surface area contributed by atoms with Gasteiger partial charge in [0.15, 0.2) is 0 Å². The maximum absolute atomic E-state index is 12.3. The molecule has 3 heterocycles. The van der Waals surface area contributed by atoms with E-state index < -0.39 is 10.0 Å². The van der Waals surface area contributed by atoms with Crippen molar-refractivity contribution in [2.45, 2.75) is 12.1 Å². The Morgan fingerprint density at radius 3 is 2.81 bits per heavy atom. The van der Waals surface area contributed by atoms with Gasteiger partial charge in [-0.2, -0.15) is 4.31 Å². The first-order chi connectivity index (χ1) is 9.88. The van der Waals surface area contributed by atoms with Gasteiger partial charge in [-0.15, -0.1) is 0 Å². The number of fused-ring (bicyclic) bond motifs is 1. The fraction of sp³-hybridized carbons (Fsp3) is 0.615. The fourth-order valence-electron chi connectivity index (χ4n) is 3.18. The van der Waals surface area contributed by atoms with Crippen molar-refractivity contribution in [3.05, 3.63) is 24.0 Å². The monoisotopic (exact) mass is 313 g/mol. The van der Waals surface area contributed by atoms with Crippen molar-refractivity contribution < 1.29 is 17.9 Å². The number of sulfonamides is 1. The zero-order valence-corrected chi connectivity index (χ0v) is 12.8. The van der Waals surface area contributed by atoms with Gasteiger partial charge < -0.3 is 14.6 Å². The molecule has 0 aromatic carbocycles. The Balaban J connectivity index is 1.77. The average Bonchev–Trinajstić information content (AvgIpc) is 3.04. The summed E-state index contributed by atoms with van der Waals surface area (Å²) in [5.74, 6) is -0.169. The summed E-state index contributed by atoms with van der Waals surface area (Å²) in [5, 5.41) is 2.95. The van der Waals surface area contributed by atoms with Crippen molar-refractivity contribution in [1.29, 1.82) is 0 Å². The third-order valence-electron chi connectivity index (χ3n) is 4.28. The largest absolute Gasteiger partial charge is 0.379 e. The molecule has 0 unspecified atom stereocenters. The minimum Gasteiger partial charge on any atom is -0.379 e. The molecule has 2 aliphatic rings. The molecule has 0 spiro atoms. The first-order valence-electron chi connectivity index (χ1n) is 6.84. The lowest BCUT2D eigenvalue weighted by Crippen LogP contribution is -2.42. The van der Waals surface area contributed by atoms with Gasteiger partial charge in [0.2, 0.25) is 10.0 Å². The van der Waals surface area contributed by atoms with Crippen LogP contribution in [-0.2, 0) is 21.8 Å². The van der Waals surface area contributed by atoms with Crippen LogP contribution in [0, 0.1) is 5.92 Å². The Labute approximate surface area is 123 Å². The molecule has 3 rings (SSSR count). The minimum absolute atomic E-state index is 0.0175. The highest BCUT2D eigenvalue weighted by Crippen LogP contribution is 2.32. The Morgan fingerprint density at radius 1 is 1.43 bits per heavy atom. The van der Waals surface area contributed by atoms with E-state index in [2.05, 4.69) is 5.32 Å². The number of amides is 1. The van der Waals surface area contributed by atoms with Gasteiger partial charge in [0.1, 0.15) is 5.69 Å². The Bertz CT molecular complexity index is 654. The maximum Gasteiger partial charge on any atom is 0.268 e. The number of aromatic nitrogens is 1. The lowest BCUT2D eigenvalue weighted by atomic mass is 10.00. The molecule has 0 saturated carbocycles. The quantitative estimate of drug-likeness (QED) is 0.809. The summed E-state index contributed by atoms with van der Waals surface area (Å²) in [5.41, 5.74) is 0.559. The summed E-state index contributed by atoms with van der Waals surface area (Å²) in [6, 6.07) is 3.16. The third kappa shape index (κ3) is 2.58. The van der Waals surface area contributed by atoms with Crippen LogP contribution in [0.4, 0.5) is 0 Å². The normalized spacial score (nSPS) is 29.5. The number of rotatable bonds is 3. The number of hydrogen-bond acceptors (Lipinski definition) is 4. The van der Waals surface area contributed by atoms with E-state index in [9.17, 15) is 13.2 Å². The fourth-order valence-corrected chi connectivity index (χ4v) is 4.32. The van der Waals surface area contributed by atoms with Crippen molar-refractivity contribution in [3.63, 3.8) is 0 Å². The predicted octanol–water partition coefficient (Wildman–Crippen LogP) is -0.586. The summed E-state index contributed by atoms with van der Waals surface area (Å²) in [4.78, 5) is 12.3. The van der Waals surface area contributed by atoms with E-state index in [0.29, 0.717) is 25.5 Å². The van der Waals surface area contributed by atoms with Crippen LogP contribution in [-0.4, -0.2) is 61.3 Å². The second-order valence-corrected chi connectivity index (χ2v) is 7.62. The van der Waals surface area contributed by atoms with Gasteiger partial charge in [-0.05, 0) is 12.1 Å². The van der Waals surface area contributed by atoms with Crippen LogP contribution in [0.1, 0.15) is 10.5 Å². The molecule has 21 heavy (non-hydrogen) atoms. The Kier molecular flexibility index (Phi) is 3.54. The number of carbonyl (C=O) groups excluding carboxylic acids is 1. The van der Waals surface area contributed by atoms with Gasteiger partial charge >= 0.3 is 0 Å². The molecular formula is C13H19N3O4S. The first kappa shape index (κ1) is 14.6. The van der Waals surface area contributed by atoms with Gasteiger partial charge in [-0.25, -0.2) is 8.42 Å². The molecule has 7 nitrogen and oxygen atoms in total. The minimum atomic E-state index is -3.29. The van der Waals surface area contributed by atoms with Gasteiger partial charge in [0.05, 0.1) is 25.5 Å². The SMILES string of the molecule is Cn1cccc1C(=O)N[C@@H]1CN(S(C)(=O)=O)[C@@H]2COC[C@@H]21. The highest BCUT2D eigenvalue weighted by Gasteiger charge is 2.49. The molecule has 8 heteroatoms. The highest BCUT2D eigenvalue weighted by atomic mass is 32.2. The summed E-state index contributed by atoms with van der Waals surface area (Å²) in [6.45, 7) is 1.19. The zero-order valence-electron chi connectivity index (χ0n) is 12.0. The van der Waals surface area contributed by atoms with Crippen molar-refractivity contribution >= 4 is 15.9 Å². The van der Waals surface area contributed by atoms with Crippen LogP contribution in [0.2, 0.25) is 0 Å². The number of aryl methyl sites for hydroxylation is 1. The number of nitrogens with one attached hydrogen (secondary N) is 1. The lowest BCUT2D eigenvalue weighted by molar-refractivity contribution is 0.0913. The summed E-state index contributed by atoms with van der Waals surface area (Å²) < 4.78 is 32.3. The second-order valence-electron chi connectivity index (χ2n) is 5.69. The number of hydrogen-bond donors (Lipinski definition) is 1. The molecule has 0 radical (unpaired) electrons. The molecule has 1 aromatic heterocycles. The van der Waals surface area contributed by atoms with Crippen LogP contribution in [0.15, 0.2) is 18.3 Å². The lowest BCUT2D eigenvalue weighted by Gasteiger charge is -2.19. The zero-order chi connectivity index (χ0) is 15.2. The molecule has 1 amide bonds. The average molecular weight is 313 g/mol. The molecule has 3 atom stereocenters. The van der Waals surface area contributed by atoms with E-state index >= 15 is 0 Å².